The van der Waals surface area contributed by atoms with Gasteiger partial charge in [-0.25, -0.2) is 4.39 Å². The van der Waals surface area contributed by atoms with Crippen LogP contribution in [0.15, 0.2) is 28.8 Å². The van der Waals surface area contributed by atoms with Crippen LogP contribution in [0.2, 0.25) is 0 Å². The summed E-state index contributed by atoms with van der Waals surface area (Å²) in [5, 5.41) is 6.95. The maximum atomic E-state index is 13.3. The second-order valence-corrected chi connectivity index (χ2v) is 4.41. The van der Waals surface area contributed by atoms with Crippen LogP contribution in [0.4, 0.5) is 4.39 Å². The lowest BCUT2D eigenvalue weighted by Crippen LogP contribution is -2.14. The van der Waals surface area contributed by atoms with Crippen LogP contribution in [0, 0.1) is 12.7 Å². The van der Waals surface area contributed by atoms with Crippen LogP contribution in [-0.4, -0.2) is 12.2 Å². The second-order valence-electron chi connectivity index (χ2n) is 4.41. The number of benzene rings is 1. The number of rotatable bonds is 5. The van der Waals surface area contributed by atoms with Crippen molar-refractivity contribution in [2.45, 2.75) is 26.5 Å². The number of halogens is 1. The van der Waals surface area contributed by atoms with E-state index in [1.54, 1.807) is 12.1 Å². The quantitative estimate of drug-likeness (QED) is 0.901. The van der Waals surface area contributed by atoms with Crippen molar-refractivity contribution in [3.05, 3.63) is 47.1 Å². The highest BCUT2D eigenvalue weighted by Crippen LogP contribution is 2.26. The van der Waals surface area contributed by atoms with Crippen molar-refractivity contribution < 1.29 is 13.7 Å². The molecular formula is C14H17FN2O2. The molecule has 4 nitrogen and oxygen atoms in total. The van der Waals surface area contributed by atoms with Crippen molar-refractivity contribution in [3.8, 4) is 5.75 Å². The Kier molecular flexibility index (Phi) is 4.16. The topological polar surface area (TPSA) is 47.3 Å². The van der Waals surface area contributed by atoms with Gasteiger partial charge in [0.15, 0.2) is 0 Å². The van der Waals surface area contributed by atoms with E-state index < -0.39 is 0 Å². The molecule has 0 radical (unpaired) electrons. The highest BCUT2D eigenvalue weighted by atomic mass is 19.1. The minimum atomic E-state index is -0.321. The van der Waals surface area contributed by atoms with Crippen molar-refractivity contribution in [1.82, 2.24) is 10.5 Å². The summed E-state index contributed by atoms with van der Waals surface area (Å²) in [6, 6.07) is 6.40. The summed E-state index contributed by atoms with van der Waals surface area (Å²) < 4.78 is 23.9. The molecule has 1 unspecified atom stereocenters. The van der Waals surface area contributed by atoms with Gasteiger partial charge in [-0.2, -0.15) is 0 Å². The van der Waals surface area contributed by atoms with E-state index in [1.807, 2.05) is 20.9 Å². The molecule has 1 aromatic carbocycles. The zero-order valence-electron chi connectivity index (χ0n) is 11.2. The predicted molar refractivity (Wildman–Crippen MR) is 69.4 cm³/mol. The van der Waals surface area contributed by atoms with Gasteiger partial charge >= 0.3 is 0 Å². The monoisotopic (exact) mass is 264 g/mol. The van der Waals surface area contributed by atoms with Crippen molar-refractivity contribution in [2.75, 3.05) is 7.05 Å². The first-order valence-electron chi connectivity index (χ1n) is 6.12. The SMILES string of the molecule is CNC(C)c1ccc(F)cc1OCc1cc(C)on1. The average Bonchev–Trinajstić information content (AvgIpc) is 2.81. The first kappa shape index (κ1) is 13.5. The fourth-order valence-electron chi connectivity index (χ4n) is 1.78. The molecule has 1 atom stereocenters. The zero-order valence-corrected chi connectivity index (χ0v) is 11.2. The molecule has 102 valence electrons. The molecule has 0 fully saturated rings. The van der Waals surface area contributed by atoms with Crippen LogP contribution in [0.1, 0.15) is 30.0 Å². The molecule has 1 heterocycles. The number of nitrogens with zero attached hydrogens (tertiary/aromatic N) is 1. The Balaban J connectivity index is 2.16. The second kappa shape index (κ2) is 5.84. The lowest BCUT2D eigenvalue weighted by Gasteiger charge is -2.16. The lowest BCUT2D eigenvalue weighted by molar-refractivity contribution is 0.282. The van der Waals surface area contributed by atoms with E-state index in [-0.39, 0.29) is 18.5 Å². The first-order valence-corrected chi connectivity index (χ1v) is 6.12. The third kappa shape index (κ3) is 3.32. The molecule has 0 aliphatic rings. The number of hydrogen-bond acceptors (Lipinski definition) is 4. The molecular weight excluding hydrogens is 247 g/mol. The number of ether oxygens (including phenoxy) is 1. The highest BCUT2D eigenvalue weighted by molar-refractivity contribution is 5.36. The molecule has 19 heavy (non-hydrogen) atoms. The summed E-state index contributed by atoms with van der Waals surface area (Å²) in [7, 11) is 1.85. The van der Waals surface area contributed by atoms with Gasteiger partial charge in [0.1, 0.15) is 29.6 Å². The highest BCUT2D eigenvalue weighted by Gasteiger charge is 2.12. The summed E-state index contributed by atoms with van der Waals surface area (Å²) in [5.74, 6) is 0.919. The van der Waals surface area contributed by atoms with Gasteiger partial charge in [-0.15, -0.1) is 0 Å². The van der Waals surface area contributed by atoms with E-state index in [0.717, 1.165) is 11.3 Å². The molecule has 0 spiro atoms. The van der Waals surface area contributed by atoms with Gasteiger partial charge in [-0.3, -0.25) is 0 Å². The van der Waals surface area contributed by atoms with Crippen LogP contribution < -0.4 is 10.1 Å². The van der Waals surface area contributed by atoms with Gasteiger partial charge in [0.25, 0.3) is 0 Å². The van der Waals surface area contributed by atoms with Crippen LogP contribution in [-0.2, 0) is 6.61 Å². The summed E-state index contributed by atoms with van der Waals surface area (Å²) in [4.78, 5) is 0. The Bertz CT molecular complexity index is 554. The summed E-state index contributed by atoms with van der Waals surface area (Å²) >= 11 is 0. The summed E-state index contributed by atoms with van der Waals surface area (Å²) in [5.41, 5.74) is 1.59. The maximum absolute atomic E-state index is 13.3. The van der Waals surface area contributed by atoms with Gasteiger partial charge in [-0.05, 0) is 27.0 Å². The lowest BCUT2D eigenvalue weighted by atomic mass is 10.1. The number of aryl methyl sites for hydroxylation is 1. The zero-order chi connectivity index (χ0) is 13.8. The molecule has 0 aliphatic heterocycles. The van der Waals surface area contributed by atoms with Gasteiger partial charge < -0.3 is 14.6 Å². The number of nitrogens with one attached hydrogen (secondary N) is 1. The largest absolute Gasteiger partial charge is 0.487 e. The molecule has 1 N–H and O–H groups in total. The Hall–Kier alpha value is -1.88. The fraction of sp³-hybridized carbons (Fsp3) is 0.357. The van der Waals surface area contributed by atoms with Crippen LogP contribution >= 0.6 is 0 Å². The Morgan fingerprint density at radius 1 is 1.42 bits per heavy atom. The molecule has 0 saturated carbocycles. The van der Waals surface area contributed by atoms with E-state index >= 15 is 0 Å². The standard InChI is InChI=1S/C14H17FN2O2/c1-9-6-12(17-19-9)8-18-14-7-11(15)4-5-13(14)10(2)16-3/h4-7,10,16H,8H2,1-3H3. The molecule has 1 aromatic heterocycles. The van der Waals surface area contributed by atoms with Gasteiger partial charge in [0, 0.05) is 23.7 Å². The molecule has 0 bridgehead atoms. The van der Waals surface area contributed by atoms with Gasteiger partial charge in [0.05, 0.1) is 0 Å². The van der Waals surface area contributed by atoms with E-state index in [2.05, 4.69) is 10.5 Å². The van der Waals surface area contributed by atoms with E-state index in [1.165, 1.54) is 12.1 Å². The Morgan fingerprint density at radius 2 is 2.21 bits per heavy atom. The summed E-state index contributed by atoms with van der Waals surface area (Å²) in [6.45, 7) is 4.05. The van der Waals surface area contributed by atoms with Gasteiger partial charge in [-0.1, -0.05) is 11.2 Å². The average molecular weight is 264 g/mol. The Labute approximate surface area is 111 Å². The minimum Gasteiger partial charge on any atom is -0.487 e. The van der Waals surface area contributed by atoms with Crippen LogP contribution in [0.3, 0.4) is 0 Å². The molecule has 0 amide bonds. The number of aromatic nitrogens is 1. The Morgan fingerprint density at radius 3 is 2.84 bits per heavy atom. The van der Waals surface area contributed by atoms with Crippen molar-refractivity contribution >= 4 is 0 Å². The molecule has 0 aliphatic carbocycles. The van der Waals surface area contributed by atoms with Gasteiger partial charge in [0.2, 0.25) is 0 Å². The molecule has 5 heteroatoms. The number of hydrogen-bond donors (Lipinski definition) is 1. The van der Waals surface area contributed by atoms with Crippen LogP contribution in [0.5, 0.6) is 5.75 Å². The van der Waals surface area contributed by atoms with E-state index in [9.17, 15) is 4.39 Å². The minimum absolute atomic E-state index is 0.0784. The van der Waals surface area contributed by atoms with Crippen molar-refractivity contribution in [2.24, 2.45) is 0 Å². The first-order chi connectivity index (χ1) is 9.10. The molecule has 2 rings (SSSR count). The smallest absolute Gasteiger partial charge is 0.134 e. The third-order valence-corrected chi connectivity index (χ3v) is 2.93. The van der Waals surface area contributed by atoms with Crippen LogP contribution in [0.25, 0.3) is 0 Å². The van der Waals surface area contributed by atoms with Crippen molar-refractivity contribution in [1.29, 1.82) is 0 Å². The molecule has 2 aromatic rings. The molecule has 0 saturated heterocycles. The van der Waals surface area contributed by atoms with E-state index in [0.29, 0.717) is 11.4 Å². The fourth-order valence-corrected chi connectivity index (χ4v) is 1.78. The normalized spacial score (nSPS) is 12.4. The van der Waals surface area contributed by atoms with Crippen molar-refractivity contribution in [3.63, 3.8) is 0 Å². The summed E-state index contributed by atoms with van der Waals surface area (Å²) in [6.07, 6.45) is 0. The maximum Gasteiger partial charge on any atom is 0.134 e. The predicted octanol–water partition coefficient (Wildman–Crippen LogP) is 2.98. The third-order valence-electron chi connectivity index (χ3n) is 2.93. The van der Waals surface area contributed by atoms with E-state index in [4.69, 9.17) is 9.26 Å².